The van der Waals surface area contributed by atoms with E-state index in [1.54, 1.807) is 20.8 Å². The molecule has 0 heterocycles. The van der Waals surface area contributed by atoms with Crippen LogP contribution in [0.3, 0.4) is 0 Å². The number of hydrogen-bond donors (Lipinski definition) is 2. The van der Waals surface area contributed by atoms with Gasteiger partial charge < -0.3 is 20.1 Å². The molecule has 0 aromatic heterocycles. The summed E-state index contributed by atoms with van der Waals surface area (Å²) in [4.78, 5) is 24.4. The number of carboxylic acids is 1. The predicted octanol–water partition coefficient (Wildman–Crippen LogP) is 1.70. The van der Waals surface area contributed by atoms with Crippen LogP contribution in [-0.2, 0) is 9.53 Å². The predicted molar refractivity (Wildman–Crippen MR) is 73.2 cm³/mol. The Morgan fingerprint density at radius 2 is 1.89 bits per heavy atom. The summed E-state index contributed by atoms with van der Waals surface area (Å²) in [6, 6.07) is -0.396. The Morgan fingerprint density at radius 1 is 1.32 bits per heavy atom. The topological polar surface area (TPSA) is 78.9 Å². The maximum Gasteiger partial charge on any atom is 0.407 e. The van der Waals surface area contributed by atoms with Gasteiger partial charge in [0.15, 0.2) is 0 Å². The van der Waals surface area contributed by atoms with Gasteiger partial charge in [-0.05, 0) is 54.3 Å². The standard InChI is InChI=1S/C13H26N2O4/c1-13(2,3)19-12(18)14-10(9-11(16)17)7-6-8-15(4)5/h10H,6-9H2,1-5H3,(H,14,18)(H,16,17)/t10-/m0/s1. The molecule has 0 spiro atoms. The summed E-state index contributed by atoms with van der Waals surface area (Å²) in [5, 5.41) is 11.5. The number of carboxylic acid groups (broad SMARTS) is 1. The van der Waals surface area contributed by atoms with Gasteiger partial charge in [-0.2, -0.15) is 0 Å². The lowest BCUT2D eigenvalue weighted by atomic mass is 10.1. The van der Waals surface area contributed by atoms with E-state index in [4.69, 9.17) is 9.84 Å². The van der Waals surface area contributed by atoms with Crippen LogP contribution in [-0.4, -0.2) is 54.4 Å². The molecule has 0 aliphatic carbocycles. The summed E-state index contributed by atoms with van der Waals surface area (Å²) in [6.07, 6.45) is 0.778. The third-order valence-electron chi connectivity index (χ3n) is 2.30. The van der Waals surface area contributed by atoms with Crippen molar-refractivity contribution in [2.75, 3.05) is 20.6 Å². The van der Waals surface area contributed by atoms with Gasteiger partial charge in [0, 0.05) is 6.04 Å². The van der Waals surface area contributed by atoms with E-state index in [-0.39, 0.29) is 6.42 Å². The highest BCUT2D eigenvalue weighted by Gasteiger charge is 2.20. The zero-order chi connectivity index (χ0) is 15.1. The molecule has 0 saturated carbocycles. The molecule has 0 aliphatic rings. The van der Waals surface area contributed by atoms with Gasteiger partial charge in [-0.3, -0.25) is 4.79 Å². The van der Waals surface area contributed by atoms with Crippen LogP contribution in [0.5, 0.6) is 0 Å². The Balaban J connectivity index is 4.26. The van der Waals surface area contributed by atoms with Crippen LogP contribution in [0.25, 0.3) is 0 Å². The van der Waals surface area contributed by atoms with Gasteiger partial charge in [0.2, 0.25) is 0 Å². The summed E-state index contributed by atoms with van der Waals surface area (Å²) in [6.45, 7) is 6.16. The Bertz CT molecular complexity index is 298. The number of nitrogens with one attached hydrogen (secondary N) is 1. The number of alkyl carbamates (subject to hydrolysis) is 1. The first-order chi connectivity index (χ1) is 8.60. The molecular weight excluding hydrogens is 248 g/mol. The Kier molecular flexibility index (Phi) is 7.44. The molecule has 1 amide bonds. The van der Waals surface area contributed by atoms with Crippen molar-refractivity contribution in [1.82, 2.24) is 10.2 Å². The molecule has 0 aromatic rings. The van der Waals surface area contributed by atoms with Crippen LogP contribution in [0.2, 0.25) is 0 Å². The average molecular weight is 274 g/mol. The van der Waals surface area contributed by atoms with Crippen molar-refractivity contribution in [1.29, 1.82) is 0 Å². The monoisotopic (exact) mass is 274 g/mol. The highest BCUT2D eigenvalue weighted by Crippen LogP contribution is 2.09. The van der Waals surface area contributed by atoms with Gasteiger partial charge in [-0.25, -0.2) is 4.79 Å². The molecule has 0 saturated heterocycles. The van der Waals surface area contributed by atoms with Crippen molar-refractivity contribution >= 4 is 12.1 Å². The van der Waals surface area contributed by atoms with Gasteiger partial charge in [0.25, 0.3) is 0 Å². The molecule has 0 radical (unpaired) electrons. The van der Waals surface area contributed by atoms with Crippen molar-refractivity contribution in [2.24, 2.45) is 0 Å². The molecule has 0 unspecified atom stereocenters. The molecule has 0 aromatic carbocycles. The van der Waals surface area contributed by atoms with Crippen LogP contribution >= 0.6 is 0 Å². The molecule has 0 rings (SSSR count). The highest BCUT2D eigenvalue weighted by atomic mass is 16.6. The molecule has 112 valence electrons. The van der Waals surface area contributed by atoms with Crippen LogP contribution in [0, 0.1) is 0 Å². The average Bonchev–Trinajstić information content (AvgIpc) is 2.11. The van der Waals surface area contributed by atoms with E-state index < -0.39 is 23.7 Å². The summed E-state index contributed by atoms with van der Waals surface area (Å²) in [7, 11) is 3.90. The van der Waals surface area contributed by atoms with E-state index in [1.165, 1.54) is 0 Å². The van der Waals surface area contributed by atoms with Crippen molar-refractivity contribution in [3.05, 3.63) is 0 Å². The van der Waals surface area contributed by atoms with E-state index in [0.29, 0.717) is 6.42 Å². The molecule has 1 atom stereocenters. The van der Waals surface area contributed by atoms with E-state index in [9.17, 15) is 9.59 Å². The smallest absolute Gasteiger partial charge is 0.407 e. The second-order valence-corrected chi connectivity index (χ2v) is 5.89. The lowest BCUT2D eigenvalue weighted by Gasteiger charge is -2.23. The lowest BCUT2D eigenvalue weighted by molar-refractivity contribution is -0.137. The zero-order valence-corrected chi connectivity index (χ0v) is 12.5. The second-order valence-electron chi connectivity index (χ2n) is 5.89. The molecule has 6 nitrogen and oxygen atoms in total. The third-order valence-corrected chi connectivity index (χ3v) is 2.30. The fourth-order valence-electron chi connectivity index (χ4n) is 1.56. The first kappa shape index (κ1) is 17.7. The zero-order valence-electron chi connectivity index (χ0n) is 12.5. The summed E-state index contributed by atoms with van der Waals surface area (Å²) >= 11 is 0. The van der Waals surface area contributed by atoms with Crippen LogP contribution < -0.4 is 5.32 Å². The number of ether oxygens (including phenoxy) is 1. The number of carbonyl (C=O) groups is 2. The molecular formula is C13H26N2O4. The summed E-state index contributed by atoms with van der Waals surface area (Å²) in [5.41, 5.74) is -0.582. The second kappa shape index (κ2) is 7.99. The number of amides is 1. The minimum Gasteiger partial charge on any atom is -0.481 e. The number of carbonyl (C=O) groups excluding carboxylic acids is 1. The molecule has 0 fully saturated rings. The third kappa shape index (κ3) is 11.5. The molecule has 0 bridgehead atoms. The molecule has 0 aliphatic heterocycles. The first-order valence-corrected chi connectivity index (χ1v) is 6.46. The lowest BCUT2D eigenvalue weighted by Crippen LogP contribution is -2.40. The van der Waals surface area contributed by atoms with Gasteiger partial charge in [-0.1, -0.05) is 0 Å². The molecule has 19 heavy (non-hydrogen) atoms. The maximum atomic E-state index is 11.6. The summed E-state index contributed by atoms with van der Waals surface area (Å²) < 4.78 is 5.12. The van der Waals surface area contributed by atoms with Crippen molar-refractivity contribution in [2.45, 2.75) is 51.7 Å². The number of hydrogen-bond acceptors (Lipinski definition) is 4. The SMILES string of the molecule is CN(C)CCC[C@@H](CC(=O)O)NC(=O)OC(C)(C)C. The number of aliphatic carboxylic acids is 1. The van der Waals surface area contributed by atoms with Gasteiger partial charge in [0.1, 0.15) is 5.60 Å². The summed E-state index contributed by atoms with van der Waals surface area (Å²) in [5.74, 6) is -0.925. The Labute approximate surface area is 115 Å². The van der Waals surface area contributed by atoms with E-state index in [0.717, 1.165) is 13.0 Å². The van der Waals surface area contributed by atoms with Crippen molar-refractivity contribution in [3.63, 3.8) is 0 Å². The van der Waals surface area contributed by atoms with E-state index in [1.807, 2.05) is 19.0 Å². The molecule has 6 heteroatoms. The molecule has 2 N–H and O–H groups in total. The number of nitrogens with zero attached hydrogens (tertiary/aromatic N) is 1. The maximum absolute atomic E-state index is 11.6. The fraction of sp³-hybridized carbons (Fsp3) is 0.846. The normalized spacial score (nSPS) is 13.2. The van der Waals surface area contributed by atoms with Crippen molar-refractivity contribution in [3.8, 4) is 0 Å². The number of rotatable bonds is 7. The highest BCUT2D eigenvalue weighted by molar-refractivity contribution is 5.71. The van der Waals surface area contributed by atoms with Gasteiger partial charge in [-0.15, -0.1) is 0 Å². The van der Waals surface area contributed by atoms with E-state index in [2.05, 4.69) is 5.32 Å². The largest absolute Gasteiger partial charge is 0.481 e. The fourth-order valence-corrected chi connectivity index (χ4v) is 1.56. The Hall–Kier alpha value is -1.30. The van der Waals surface area contributed by atoms with Crippen molar-refractivity contribution < 1.29 is 19.4 Å². The first-order valence-electron chi connectivity index (χ1n) is 6.46. The van der Waals surface area contributed by atoms with Crippen LogP contribution in [0.1, 0.15) is 40.0 Å². The Morgan fingerprint density at radius 3 is 2.32 bits per heavy atom. The van der Waals surface area contributed by atoms with Gasteiger partial charge >= 0.3 is 12.1 Å². The minimum atomic E-state index is -0.925. The van der Waals surface area contributed by atoms with Gasteiger partial charge in [0.05, 0.1) is 6.42 Å². The van der Waals surface area contributed by atoms with Crippen LogP contribution in [0.15, 0.2) is 0 Å². The minimum absolute atomic E-state index is 0.0906. The quantitative estimate of drug-likeness (QED) is 0.738. The van der Waals surface area contributed by atoms with E-state index >= 15 is 0 Å². The van der Waals surface area contributed by atoms with Crippen LogP contribution in [0.4, 0.5) is 4.79 Å².